The Morgan fingerprint density at radius 1 is 1.08 bits per heavy atom. The van der Waals surface area contributed by atoms with Crippen molar-refractivity contribution >= 4 is 0 Å². The molecule has 0 nitrogen and oxygen atoms in total. The van der Waals surface area contributed by atoms with Crippen molar-refractivity contribution < 1.29 is 0 Å². The normalized spacial score (nSPS) is 10.8. The second-order valence-corrected chi connectivity index (χ2v) is 2.90. The molecule has 0 radical (unpaired) electrons. The van der Waals surface area contributed by atoms with Crippen molar-refractivity contribution in [1.82, 2.24) is 0 Å². The summed E-state index contributed by atoms with van der Waals surface area (Å²) in [4.78, 5) is 0. The Kier molecular flexibility index (Phi) is 4.22. The van der Waals surface area contributed by atoms with Crippen LogP contribution in [0.25, 0.3) is 0 Å². The van der Waals surface area contributed by atoms with Gasteiger partial charge in [-0.25, -0.2) is 0 Å². The molecule has 0 fully saturated rings. The van der Waals surface area contributed by atoms with Crippen LogP contribution in [0.5, 0.6) is 0 Å². The lowest BCUT2D eigenvalue weighted by molar-refractivity contribution is 0.992. The molecule has 1 aromatic carbocycles. The topological polar surface area (TPSA) is 0 Å². The molecule has 0 heteroatoms. The molecule has 1 rings (SSSR count). The highest BCUT2D eigenvalue weighted by atomic mass is 13.9. The molecule has 0 bridgehead atoms. The van der Waals surface area contributed by atoms with E-state index in [9.17, 15) is 0 Å². The zero-order valence-electron chi connectivity index (χ0n) is 7.66. The van der Waals surface area contributed by atoms with E-state index in [2.05, 4.69) is 49.4 Å². The van der Waals surface area contributed by atoms with E-state index in [4.69, 9.17) is 0 Å². The lowest BCUT2D eigenvalue weighted by Gasteiger charge is -1.95. The Bertz CT molecular complexity index is 221. The van der Waals surface area contributed by atoms with Gasteiger partial charge in [0.05, 0.1) is 0 Å². The van der Waals surface area contributed by atoms with E-state index in [1.807, 2.05) is 0 Å². The van der Waals surface area contributed by atoms with Crippen LogP contribution in [0.2, 0.25) is 0 Å². The van der Waals surface area contributed by atoms with Gasteiger partial charge in [0, 0.05) is 0 Å². The zero-order valence-corrected chi connectivity index (χ0v) is 7.66. The predicted molar refractivity (Wildman–Crippen MR) is 54.2 cm³/mol. The molecule has 0 N–H and O–H groups in total. The molecular weight excluding hydrogens is 144 g/mol. The van der Waals surface area contributed by atoms with Gasteiger partial charge in [0.2, 0.25) is 0 Å². The van der Waals surface area contributed by atoms with Crippen LogP contribution in [0.1, 0.15) is 25.3 Å². The summed E-state index contributed by atoms with van der Waals surface area (Å²) in [6, 6.07) is 10.6. The Hall–Kier alpha value is -1.04. The largest absolute Gasteiger partial charge is 0.0888 e. The average molecular weight is 160 g/mol. The first-order valence-corrected chi connectivity index (χ1v) is 4.62. The first-order chi connectivity index (χ1) is 5.93. The van der Waals surface area contributed by atoms with Crippen molar-refractivity contribution in [3.8, 4) is 0 Å². The Morgan fingerprint density at radius 2 is 1.83 bits per heavy atom. The average Bonchev–Trinajstić information content (AvgIpc) is 2.14. The van der Waals surface area contributed by atoms with Crippen molar-refractivity contribution in [1.29, 1.82) is 0 Å². The smallest absolute Gasteiger partial charge is 0.0244 e. The van der Waals surface area contributed by atoms with Crippen LogP contribution in [-0.4, -0.2) is 0 Å². The monoisotopic (exact) mass is 160 g/mol. The van der Waals surface area contributed by atoms with E-state index < -0.39 is 0 Å². The van der Waals surface area contributed by atoms with Gasteiger partial charge >= 0.3 is 0 Å². The highest BCUT2D eigenvalue weighted by Crippen LogP contribution is 2.02. The van der Waals surface area contributed by atoms with Crippen molar-refractivity contribution in [3.05, 3.63) is 48.0 Å². The first kappa shape index (κ1) is 9.05. The fraction of sp³-hybridized carbons (Fsp3) is 0.333. The number of hydrogen-bond donors (Lipinski definition) is 0. The highest BCUT2D eigenvalue weighted by molar-refractivity contribution is 5.15. The van der Waals surface area contributed by atoms with Crippen LogP contribution < -0.4 is 0 Å². The summed E-state index contributed by atoms with van der Waals surface area (Å²) in [6.07, 6.45) is 7.96. The lowest BCUT2D eigenvalue weighted by Crippen LogP contribution is -1.80. The van der Waals surface area contributed by atoms with Crippen molar-refractivity contribution in [2.24, 2.45) is 0 Å². The van der Waals surface area contributed by atoms with Gasteiger partial charge in [0.15, 0.2) is 0 Å². The highest BCUT2D eigenvalue weighted by Gasteiger charge is 1.86. The fourth-order valence-corrected chi connectivity index (χ4v) is 1.18. The quantitative estimate of drug-likeness (QED) is 0.590. The van der Waals surface area contributed by atoms with Crippen LogP contribution in [0.3, 0.4) is 0 Å². The summed E-state index contributed by atoms with van der Waals surface area (Å²) in [5, 5.41) is 0. The van der Waals surface area contributed by atoms with Gasteiger partial charge in [0.1, 0.15) is 0 Å². The van der Waals surface area contributed by atoms with Crippen LogP contribution in [-0.2, 0) is 6.42 Å². The van der Waals surface area contributed by atoms with Gasteiger partial charge in [-0.3, -0.25) is 0 Å². The Balaban J connectivity index is 2.29. The summed E-state index contributed by atoms with van der Waals surface area (Å²) < 4.78 is 0. The van der Waals surface area contributed by atoms with E-state index in [0.29, 0.717) is 0 Å². The molecule has 0 aromatic heterocycles. The molecule has 0 heterocycles. The molecule has 12 heavy (non-hydrogen) atoms. The minimum atomic E-state index is 1.15. The van der Waals surface area contributed by atoms with Crippen molar-refractivity contribution in [2.45, 2.75) is 26.2 Å². The molecule has 0 atom stereocenters. The van der Waals surface area contributed by atoms with E-state index in [-0.39, 0.29) is 0 Å². The zero-order chi connectivity index (χ0) is 8.65. The van der Waals surface area contributed by atoms with Crippen LogP contribution in [0, 0.1) is 0 Å². The van der Waals surface area contributed by atoms with E-state index in [1.54, 1.807) is 0 Å². The molecule has 0 aliphatic rings. The van der Waals surface area contributed by atoms with Crippen molar-refractivity contribution in [3.63, 3.8) is 0 Å². The summed E-state index contributed by atoms with van der Waals surface area (Å²) >= 11 is 0. The van der Waals surface area contributed by atoms with Crippen LogP contribution in [0.15, 0.2) is 42.5 Å². The maximum atomic E-state index is 2.26. The molecule has 64 valence electrons. The molecule has 0 saturated carbocycles. The number of rotatable bonds is 4. The van der Waals surface area contributed by atoms with E-state index in [1.165, 1.54) is 5.56 Å². The second-order valence-electron chi connectivity index (χ2n) is 2.90. The summed E-state index contributed by atoms with van der Waals surface area (Å²) in [5.41, 5.74) is 1.43. The number of benzene rings is 1. The molecule has 0 unspecified atom stereocenters. The molecular formula is C12H16. The van der Waals surface area contributed by atoms with E-state index >= 15 is 0 Å². The predicted octanol–water partition coefficient (Wildman–Crippen LogP) is 3.59. The second kappa shape index (κ2) is 5.59. The third kappa shape index (κ3) is 3.38. The minimum Gasteiger partial charge on any atom is -0.0888 e. The Labute approximate surface area is 74.9 Å². The van der Waals surface area contributed by atoms with Gasteiger partial charge in [0.25, 0.3) is 0 Å². The molecule has 0 spiro atoms. The number of aryl methyl sites for hydroxylation is 1. The summed E-state index contributed by atoms with van der Waals surface area (Å²) in [7, 11) is 0. The van der Waals surface area contributed by atoms with Gasteiger partial charge in [-0.15, -0.1) is 0 Å². The lowest BCUT2D eigenvalue weighted by atomic mass is 10.1. The maximum Gasteiger partial charge on any atom is -0.0244 e. The van der Waals surface area contributed by atoms with Crippen LogP contribution >= 0.6 is 0 Å². The summed E-state index contributed by atoms with van der Waals surface area (Å²) in [5.74, 6) is 0. The molecule has 0 aliphatic heterocycles. The standard InChI is InChI=1S/C12H16/c1-2-3-4-6-9-12-10-7-5-8-11-12/h3-5,7-8,10-11H,2,6,9H2,1H3. The first-order valence-electron chi connectivity index (χ1n) is 4.62. The minimum absolute atomic E-state index is 1.15. The maximum absolute atomic E-state index is 2.26. The third-order valence-electron chi connectivity index (χ3n) is 1.84. The molecule has 1 aromatic rings. The fourth-order valence-electron chi connectivity index (χ4n) is 1.18. The van der Waals surface area contributed by atoms with Crippen molar-refractivity contribution in [2.75, 3.05) is 0 Å². The van der Waals surface area contributed by atoms with Crippen LogP contribution in [0.4, 0.5) is 0 Å². The summed E-state index contributed by atoms with van der Waals surface area (Å²) in [6.45, 7) is 2.17. The number of allylic oxidation sites excluding steroid dienone is 2. The molecule has 0 amide bonds. The molecule has 0 saturated heterocycles. The SMILES string of the molecule is CCC=CCCc1ccccc1. The van der Waals surface area contributed by atoms with Gasteiger partial charge in [-0.2, -0.15) is 0 Å². The Morgan fingerprint density at radius 3 is 2.50 bits per heavy atom. The van der Waals surface area contributed by atoms with Gasteiger partial charge in [-0.05, 0) is 24.8 Å². The third-order valence-corrected chi connectivity index (χ3v) is 1.84. The van der Waals surface area contributed by atoms with Gasteiger partial charge < -0.3 is 0 Å². The van der Waals surface area contributed by atoms with E-state index in [0.717, 1.165) is 19.3 Å². The van der Waals surface area contributed by atoms with Gasteiger partial charge in [-0.1, -0.05) is 49.4 Å². The molecule has 0 aliphatic carbocycles. The number of hydrogen-bond acceptors (Lipinski definition) is 0.